The predicted molar refractivity (Wildman–Crippen MR) is 100 cm³/mol. The van der Waals surface area contributed by atoms with Gasteiger partial charge in [0.15, 0.2) is 0 Å². The number of amides is 2. The van der Waals surface area contributed by atoms with E-state index in [4.69, 9.17) is 0 Å². The molecule has 6 heteroatoms. The van der Waals surface area contributed by atoms with Crippen molar-refractivity contribution in [1.82, 2.24) is 20.0 Å². The highest BCUT2D eigenvalue weighted by atomic mass is 16.3. The van der Waals surface area contributed by atoms with Crippen LogP contribution in [0.2, 0.25) is 0 Å². The van der Waals surface area contributed by atoms with E-state index in [1.165, 1.54) is 0 Å². The Morgan fingerprint density at radius 1 is 1.00 bits per heavy atom. The van der Waals surface area contributed by atoms with Crippen LogP contribution in [0.25, 0.3) is 0 Å². The van der Waals surface area contributed by atoms with Gasteiger partial charge in [0.05, 0.1) is 5.60 Å². The summed E-state index contributed by atoms with van der Waals surface area (Å²) in [7, 11) is 4.19. The summed E-state index contributed by atoms with van der Waals surface area (Å²) < 4.78 is 0. The Hall–Kier alpha value is -1.63. The number of rotatable bonds is 3. The van der Waals surface area contributed by atoms with Crippen molar-refractivity contribution in [2.45, 2.75) is 26.0 Å². The average molecular weight is 348 g/mol. The Balaban J connectivity index is 1.89. The van der Waals surface area contributed by atoms with Crippen LogP contribution in [0.1, 0.15) is 25.0 Å². The van der Waals surface area contributed by atoms with Gasteiger partial charge in [0.1, 0.15) is 0 Å². The number of hydrogen-bond acceptors (Lipinski definition) is 4. The van der Waals surface area contributed by atoms with Gasteiger partial charge in [0.2, 0.25) is 0 Å². The first kappa shape index (κ1) is 19.7. The van der Waals surface area contributed by atoms with Gasteiger partial charge in [0, 0.05) is 45.8 Å². The summed E-state index contributed by atoms with van der Waals surface area (Å²) >= 11 is 0. The minimum atomic E-state index is -0.844. The van der Waals surface area contributed by atoms with Crippen molar-refractivity contribution in [3.63, 3.8) is 0 Å². The third-order valence-corrected chi connectivity index (χ3v) is 4.76. The standard InChI is InChI=1S/C19H32N4O2/c1-19(2,25)17-7-5-16(6-8-17)15-20-18(24)23-13-11-21(3)9-10-22(4)12-14-23/h5-8,25H,9-15H2,1-4H3,(H,20,24). The molecule has 0 unspecified atom stereocenters. The Morgan fingerprint density at radius 2 is 1.48 bits per heavy atom. The first-order valence-corrected chi connectivity index (χ1v) is 8.97. The average Bonchev–Trinajstić information content (AvgIpc) is 2.64. The van der Waals surface area contributed by atoms with Gasteiger partial charge in [-0.3, -0.25) is 0 Å². The van der Waals surface area contributed by atoms with Crippen LogP contribution >= 0.6 is 0 Å². The van der Waals surface area contributed by atoms with Gasteiger partial charge in [-0.2, -0.15) is 0 Å². The van der Waals surface area contributed by atoms with Crippen molar-refractivity contribution in [3.8, 4) is 0 Å². The largest absolute Gasteiger partial charge is 0.386 e. The number of aliphatic hydroxyl groups is 1. The number of urea groups is 1. The summed E-state index contributed by atoms with van der Waals surface area (Å²) in [5.74, 6) is 0. The lowest BCUT2D eigenvalue weighted by Crippen LogP contribution is -2.44. The highest BCUT2D eigenvalue weighted by Crippen LogP contribution is 2.19. The van der Waals surface area contributed by atoms with E-state index in [1.54, 1.807) is 13.8 Å². The summed E-state index contributed by atoms with van der Waals surface area (Å²) in [6, 6.07) is 7.70. The molecule has 1 aliphatic heterocycles. The predicted octanol–water partition coefficient (Wildman–Crippen LogP) is 1.30. The first-order chi connectivity index (χ1) is 11.8. The summed E-state index contributed by atoms with van der Waals surface area (Å²) in [6.07, 6.45) is 0. The number of hydrogen-bond donors (Lipinski definition) is 2. The monoisotopic (exact) mass is 348 g/mol. The fraction of sp³-hybridized carbons (Fsp3) is 0.632. The van der Waals surface area contributed by atoms with Crippen LogP contribution in [-0.4, -0.2) is 79.2 Å². The van der Waals surface area contributed by atoms with Gasteiger partial charge >= 0.3 is 6.03 Å². The molecule has 0 saturated carbocycles. The van der Waals surface area contributed by atoms with E-state index in [0.29, 0.717) is 6.54 Å². The fourth-order valence-electron chi connectivity index (χ4n) is 2.78. The summed E-state index contributed by atoms with van der Waals surface area (Å²) in [5, 5.41) is 13.0. The maximum Gasteiger partial charge on any atom is 0.317 e. The number of likely N-dealkylation sites (N-methyl/N-ethyl adjacent to an activating group) is 2. The molecule has 1 aromatic carbocycles. The topological polar surface area (TPSA) is 59.0 Å². The summed E-state index contributed by atoms with van der Waals surface area (Å²) in [5.41, 5.74) is 1.05. The maximum atomic E-state index is 12.5. The molecule has 1 fully saturated rings. The zero-order chi connectivity index (χ0) is 18.4. The van der Waals surface area contributed by atoms with E-state index in [1.807, 2.05) is 29.2 Å². The molecule has 1 saturated heterocycles. The Morgan fingerprint density at radius 3 is 1.96 bits per heavy atom. The molecule has 0 bridgehead atoms. The van der Waals surface area contributed by atoms with E-state index >= 15 is 0 Å². The lowest BCUT2D eigenvalue weighted by atomic mass is 9.97. The molecule has 2 rings (SSSR count). The molecular weight excluding hydrogens is 316 g/mol. The SMILES string of the molecule is CN1CCN(C)CCN(C(=O)NCc2ccc(C(C)(C)O)cc2)CC1. The minimum Gasteiger partial charge on any atom is -0.386 e. The van der Waals surface area contributed by atoms with Crippen molar-refractivity contribution in [3.05, 3.63) is 35.4 Å². The molecule has 140 valence electrons. The van der Waals surface area contributed by atoms with Crippen LogP contribution in [0.3, 0.4) is 0 Å². The molecule has 0 radical (unpaired) electrons. The Bertz CT molecular complexity index is 540. The highest BCUT2D eigenvalue weighted by molar-refractivity contribution is 5.74. The molecule has 0 aromatic heterocycles. The van der Waals surface area contributed by atoms with Crippen molar-refractivity contribution in [2.24, 2.45) is 0 Å². The van der Waals surface area contributed by atoms with Crippen LogP contribution in [0, 0.1) is 0 Å². The maximum absolute atomic E-state index is 12.5. The van der Waals surface area contributed by atoms with E-state index in [-0.39, 0.29) is 6.03 Å². The van der Waals surface area contributed by atoms with Gasteiger partial charge in [-0.1, -0.05) is 24.3 Å². The van der Waals surface area contributed by atoms with Crippen LogP contribution in [0.4, 0.5) is 4.79 Å². The molecule has 1 aromatic rings. The summed E-state index contributed by atoms with van der Waals surface area (Å²) in [4.78, 5) is 18.9. The minimum absolute atomic E-state index is 0.0183. The molecule has 0 spiro atoms. The highest BCUT2D eigenvalue weighted by Gasteiger charge is 2.18. The second-order valence-corrected chi connectivity index (χ2v) is 7.51. The smallest absolute Gasteiger partial charge is 0.317 e. The Labute approximate surface area is 151 Å². The summed E-state index contributed by atoms with van der Waals surface area (Å²) in [6.45, 7) is 9.35. The molecule has 2 N–H and O–H groups in total. The van der Waals surface area contributed by atoms with Gasteiger partial charge in [-0.15, -0.1) is 0 Å². The molecule has 1 heterocycles. The lowest BCUT2D eigenvalue weighted by Gasteiger charge is -2.25. The van der Waals surface area contributed by atoms with Crippen LogP contribution in [0.15, 0.2) is 24.3 Å². The normalized spacial score (nSPS) is 18.4. The molecule has 1 aliphatic rings. The van der Waals surface area contributed by atoms with E-state index in [0.717, 1.165) is 50.4 Å². The van der Waals surface area contributed by atoms with Crippen molar-refractivity contribution in [1.29, 1.82) is 0 Å². The van der Waals surface area contributed by atoms with Gasteiger partial charge < -0.3 is 25.1 Å². The zero-order valence-electron chi connectivity index (χ0n) is 16.0. The first-order valence-electron chi connectivity index (χ1n) is 8.97. The molecule has 2 amide bonds. The van der Waals surface area contributed by atoms with E-state index in [9.17, 15) is 9.90 Å². The third-order valence-electron chi connectivity index (χ3n) is 4.76. The number of benzene rings is 1. The number of carbonyl (C=O) groups excluding carboxylic acids is 1. The van der Waals surface area contributed by atoms with Crippen LogP contribution in [0.5, 0.6) is 0 Å². The second-order valence-electron chi connectivity index (χ2n) is 7.51. The van der Waals surface area contributed by atoms with E-state index < -0.39 is 5.60 Å². The van der Waals surface area contributed by atoms with Gasteiger partial charge in [-0.25, -0.2) is 4.79 Å². The zero-order valence-corrected chi connectivity index (χ0v) is 16.0. The van der Waals surface area contributed by atoms with E-state index in [2.05, 4.69) is 29.2 Å². The number of nitrogens with zero attached hydrogens (tertiary/aromatic N) is 3. The molecule has 25 heavy (non-hydrogen) atoms. The molecular formula is C19H32N4O2. The number of carbonyl (C=O) groups is 1. The molecule has 6 nitrogen and oxygen atoms in total. The number of nitrogens with one attached hydrogen (secondary N) is 1. The fourth-order valence-corrected chi connectivity index (χ4v) is 2.78. The molecule has 0 atom stereocenters. The molecule has 0 aliphatic carbocycles. The van der Waals surface area contributed by atoms with Crippen LogP contribution in [-0.2, 0) is 12.1 Å². The Kier molecular flexibility index (Phi) is 6.81. The third kappa shape index (κ3) is 6.30. The van der Waals surface area contributed by atoms with Crippen molar-refractivity contribution >= 4 is 6.03 Å². The lowest BCUT2D eigenvalue weighted by molar-refractivity contribution is 0.0786. The van der Waals surface area contributed by atoms with Gasteiger partial charge in [0.25, 0.3) is 0 Å². The quantitative estimate of drug-likeness (QED) is 0.865. The van der Waals surface area contributed by atoms with Crippen molar-refractivity contribution < 1.29 is 9.90 Å². The van der Waals surface area contributed by atoms with Crippen LogP contribution < -0.4 is 5.32 Å². The van der Waals surface area contributed by atoms with Gasteiger partial charge in [-0.05, 0) is 39.1 Å². The van der Waals surface area contributed by atoms with Crippen molar-refractivity contribution in [2.75, 3.05) is 53.4 Å². The second kappa shape index (κ2) is 8.65.